The second-order valence-electron chi connectivity index (χ2n) is 6.47. The van der Waals surface area contributed by atoms with Crippen molar-refractivity contribution in [1.82, 2.24) is 14.2 Å². The molecule has 0 N–H and O–H groups in total. The largest absolute Gasteiger partial charge is 0.335 e. The molecule has 1 aliphatic heterocycles. The van der Waals surface area contributed by atoms with Crippen molar-refractivity contribution < 1.29 is 18.1 Å². The number of hydrogen-bond donors (Lipinski definition) is 0. The molecule has 2 aromatic heterocycles. The second-order valence-corrected chi connectivity index (χ2v) is 10.2. The van der Waals surface area contributed by atoms with Crippen LogP contribution >= 0.6 is 22.7 Å². The van der Waals surface area contributed by atoms with E-state index in [0.29, 0.717) is 5.69 Å². The molecule has 1 amide bonds. The lowest BCUT2D eigenvalue weighted by atomic mass is 10.3. The van der Waals surface area contributed by atoms with E-state index < -0.39 is 14.9 Å². The van der Waals surface area contributed by atoms with Crippen molar-refractivity contribution in [2.75, 3.05) is 26.2 Å². The molecule has 3 heterocycles. The SMILES string of the molecule is O=C(c1csc(-c2cccs2)n1)N1CCN(S(=O)(=O)c2cccc([N+](=O)[O-])c2)CC1. The van der Waals surface area contributed by atoms with E-state index in [2.05, 4.69) is 4.98 Å². The van der Waals surface area contributed by atoms with Crippen molar-refractivity contribution in [2.24, 2.45) is 0 Å². The number of thiophene rings is 1. The number of amides is 1. The fraction of sp³-hybridized carbons (Fsp3) is 0.222. The third-order valence-electron chi connectivity index (χ3n) is 4.65. The van der Waals surface area contributed by atoms with Gasteiger partial charge < -0.3 is 4.90 Å². The Labute approximate surface area is 180 Å². The highest BCUT2D eigenvalue weighted by Gasteiger charge is 2.31. The third-order valence-corrected chi connectivity index (χ3v) is 8.42. The average Bonchev–Trinajstić information content (AvgIpc) is 3.45. The van der Waals surface area contributed by atoms with Gasteiger partial charge in [-0.3, -0.25) is 14.9 Å². The first-order valence-corrected chi connectivity index (χ1v) is 12.1. The van der Waals surface area contributed by atoms with Crippen LogP contribution in [-0.2, 0) is 10.0 Å². The number of rotatable bonds is 5. The molecule has 0 bridgehead atoms. The molecule has 3 aromatic rings. The molecule has 0 saturated carbocycles. The molecule has 12 heteroatoms. The zero-order chi connectivity index (χ0) is 21.3. The number of non-ortho nitro benzene ring substituents is 1. The summed E-state index contributed by atoms with van der Waals surface area (Å²) in [5, 5.41) is 15.4. The van der Waals surface area contributed by atoms with Gasteiger partial charge in [0.1, 0.15) is 10.7 Å². The Balaban J connectivity index is 1.44. The van der Waals surface area contributed by atoms with Gasteiger partial charge in [-0.05, 0) is 17.5 Å². The monoisotopic (exact) mass is 464 g/mol. The lowest BCUT2D eigenvalue weighted by Crippen LogP contribution is -2.50. The van der Waals surface area contributed by atoms with Crippen LogP contribution in [0, 0.1) is 10.1 Å². The van der Waals surface area contributed by atoms with E-state index in [1.165, 1.54) is 33.8 Å². The molecular weight excluding hydrogens is 448 g/mol. The van der Waals surface area contributed by atoms with E-state index in [9.17, 15) is 23.3 Å². The van der Waals surface area contributed by atoms with Gasteiger partial charge in [-0.2, -0.15) is 4.31 Å². The minimum Gasteiger partial charge on any atom is -0.335 e. The van der Waals surface area contributed by atoms with Crippen molar-refractivity contribution in [1.29, 1.82) is 0 Å². The molecule has 30 heavy (non-hydrogen) atoms. The molecule has 1 aromatic carbocycles. The average molecular weight is 465 g/mol. The van der Waals surface area contributed by atoms with Gasteiger partial charge in [-0.15, -0.1) is 22.7 Å². The summed E-state index contributed by atoms with van der Waals surface area (Å²) in [4.78, 5) is 29.9. The lowest BCUT2D eigenvalue weighted by molar-refractivity contribution is -0.385. The minimum atomic E-state index is -3.88. The van der Waals surface area contributed by atoms with Crippen LogP contribution in [0.15, 0.2) is 52.1 Å². The van der Waals surface area contributed by atoms with Gasteiger partial charge in [-0.1, -0.05) is 12.1 Å². The highest BCUT2D eigenvalue weighted by atomic mass is 32.2. The van der Waals surface area contributed by atoms with Crippen LogP contribution in [-0.4, -0.2) is 59.6 Å². The lowest BCUT2D eigenvalue weighted by Gasteiger charge is -2.33. The first kappa shape index (κ1) is 20.6. The van der Waals surface area contributed by atoms with E-state index in [1.807, 2.05) is 17.5 Å². The van der Waals surface area contributed by atoms with Crippen molar-refractivity contribution in [2.45, 2.75) is 4.90 Å². The fourth-order valence-electron chi connectivity index (χ4n) is 3.09. The number of piperazine rings is 1. The molecule has 9 nitrogen and oxygen atoms in total. The molecule has 4 rings (SSSR count). The molecule has 0 spiro atoms. The summed E-state index contributed by atoms with van der Waals surface area (Å²) in [5.74, 6) is -0.235. The number of nitro benzene ring substituents is 1. The first-order valence-electron chi connectivity index (χ1n) is 8.89. The van der Waals surface area contributed by atoms with E-state index in [4.69, 9.17) is 0 Å². The number of sulfonamides is 1. The van der Waals surface area contributed by atoms with Gasteiger partial charge >= 0.3 is 0 Å². The van der Waals surface area contributed by atoms with E-state index in [-0.39, 0.29) is 42.7 Å². The van der Waals surface area contributed by atoms with Gasteiger partial charge in [0, 0.05) is 43.7 Å². The van der Waals surface area contributed by atoms with Crippen molar-refractivity contribution in [3.63, 3.8) is 0 Å². The van der Waals surface area contributed by atoms with E-state index >= 15 is 0 Å². The molecule has 1 fully saturated rings. The van der Waals surface area contributed by atoms with E-state index in [0.717, 1.165) is 16.0 Å². The van der Waals surface area contributed by atoms with Gasteiger partial charge in [-0.25, -0.2) is 13.4 Å². The summed E-state index contributed by atoms with van der Waals surface area (Å²) in [6, 6.07) is 8.83. The number of thiazole rings is 1. The number of aromatic nitrogens is 1. The minimum absolute atomic E-state index is 0.110. The predicted octanol–water partition coefficient (Wildman–Crippen LogP) is 2.93. The molecule has 0 atom stereocenters. The number of benzene rings is 1. The normalized spacial score (nSPS) is 15.3. The van der Waals surface area contributed by atoms with Crippen LogP contribution in [0.5, 0.6) is 0 Å². The zero-order valence-electron chi connectivity index (χ0n) is 15.5. The van der Waals surface area contributed by atoms with Gasteiger partial charge in [0.2, 0.25) is 10.0 Å². The second kappa shape index (κ2) is 8.22. The van der Waals surface area contributed by atoms with E-state index in [1.54, 1.807) is 21.6 Å². The van der Waals surface area contributed by atoms with Crippen molar-refractivity contribution in [3.05, 3.63) is 63.0 Å². The van der Waals surface area contributed by atoms with Crippen LogP contribution < -0.4 is 0 Å². The number of carbonyl (C=O) groups is 1. The molecule has 156 valence electrons. The highest BCUT2D eigenvalue weighted by molar-refractivity contribution is 7.89. The van der Waals surface area contributed by atoms with Gasteiger partial charge in [0.05, 0.1) is 14.7 Å². The Morgan fingerprint density at radius 3 is 2.53 bits per heavy atom. The highest BCUT2D eigenvalue weighted by Crippen LogP contribution is 2.28. The Morgan fingerprint density at radius 2 is 1.87 bits per heavy atom. The quantitative estimate of drug-likeness (QED) is 0.424. The number of carbonyl (C=O) groups excluding carboxylic acids is 1. The Morgan fingerprint density at radius 1 is 1.10 bits per heavy atom. The molecule has 0 unspecified atom stereocenters. The molecule has 0 aliphatic carbocycles. The Kier molecular flexibility index (Phi) is 5.64. The van der Waals surface area contributed by atoms with Gasteiger partial charge in [0.25, 0.3) is 11.6 Å². The van der Waals surface area contributed by atoms with Crippen LogP contribution in [0.4, 0.5) is 5.69 Å². The van der Waals surface area contributed by atoms with Crippen LogP contribution in [0.1, 0.15) is 10.5 Å². The Bertz CT molecular complexity index is 1180. The maximum absolute atomic E-state index is 12.8. The summed E-state index contributed by atoms with van der Waals surface area (Å²) in [5.41, 5.74) is 0.0633. The standard InChI is InChI=1S/C18H16N4O5S3/c23-18(15-12-29-17(19-15)16-5-2-10-28-16)20-6-8-21(9-7-20)30(26,27)14-4-1-3-13(11-14)22(24)25/h1-5,10-12H,6-9H2. The summed E-state index contributed by atoms with van der Waals surface area (Å²) < 4.78 is 26.9. The first-order chi connectivity index (χ1) is 14.4. The number of hydrogen-bond acceptors (Lipinski definition) is 8. The van der Waals surface area contributed by atoms with Crippen molar-refractivity contribution >= 4 is 44.3 Å². The Hall–Kier alpha value is -2.67. The van der Waals surface area contributed by atoms with Crippen LogP contribution in [0.2, 0.25) is 0 Å². The topological polar surface area (TPSA) is 114 Å². The summed E-state index contributed by atoms with van der Waals surface area (Å²) in [6.07, 6.45) is 0. The molecular formula is C18H16N4O5S3. The summed E-state index contributed by atoms with van der Waals surface area (Å²) in [7, 11) is -3.88. The maximum atomic E-state index is 12.8. The molecule has 0 radical (unpaired) electrons. The maximum Gasteiger partial charge on any atom is 0.273 e. The predicted molar refractivity (Wildman–Crippen MR) is 113 cm³/mol. The van der Waals surface area contributed by atoms with Crippen LogP contribution in [0.3, 0.4) is 0 Å². The van der Waals surface area contributed by atoms with Crippen LogP contribution in [0.25, 0.3) is 9.88 Å². The third kappa shape index (κ3) is 3.99. The molecule has 1 saturated heterocycles. The smallest absolute Gasteiger partial charge is 0.273 e. The number of nitro groups is 1. The molecule has 1 aliphatic rings. The van der Waals surface area contributed by atoms with Gasteiger partial charge in [0.15, 0.2) is 0 Å². The summed E-state index contributed by atoms with van der Waals surface area (Å²) >= 11 is 2.94. The summed E-state index contributed by atoms with van der Waals surface area (Å²) in [6.45, 7) is 0.662. The zero-order valence-corrected chi connectivity index (χ0v) is 18.0. The number of nitrogens with zero attached hydrogens (tertiary/aromatic N) is 4. The fourth-order valence-corrected chi connectivity index (χ4v) is 6.16. The van der Waals surface area contributed by atoms with Crippen molar-refractivity contribution in [3.8, 4) is 9.88 Å².